The molecule has 0 saturated carbocycles. The van der Waals surface area contributed by atoms with Gasteiger partial charge >= 0.3 is 0 Å². The van der Waals surface area contributed by atoms with Crippen molar-refractivity contribution < 1.29 is 24.2 Å². The van der Waals surface area contributed by atoms with Gasteiger partial charge in [-0.25, -0.2) is 0 Å². The number of ether oxygens (including phenoxy) is 1. The maximum absolute atomic E-state index is 12.9. The predicted octanol–water partition coefficient (Wildman–Crippen LogP) is 1.79. The van der Waals surface area contributed by atoms with Crippen LogP contribution in [0.5, 0.6) is 0 Å². The Labute approximate surface area is 182 Å². The molecule has 1 aromatic rings. The second kappa shape index (κ2) is 12.5. The van der Waals surface area contributed by atoms with E-state index in [1.165, 1.54) is 12.8 Å². The van der Waals surface area contributed by atoms with E-state index in [0.29, 0.717) is 24.7 Å². The molecule has 166 valence electrons. The number of likely N-dealkylation sites (tertiary alicyclic amines) is 2. The van der Waals surface area contributed by atoms with E-state index in [1.54, 1.807) is 18.1 Å². The van der Waals surface area contributed by atoms with Crippen molar-refractivity contribution in [3.63, 3.8) is 0 Å². The lowest BCUT2D eigenvalue weighted by molar-refractivity contribution is -0.129. The minimum Gasteiger partial charge on any atom is -0.483 e. The molecule has 2 N–H and O–H groups in total. The van der Waals surface area contributed by atoms with Gasteiger partial charge in [0.15, 0.2) is 0 Å². The molecule has 0 bridgehead atoms. The molecule has 1 aromatic carbocycles. The van der Waals surface area contributed by atoms with Gasteiger partial charge in [0.05, 0.1) is 18.6 Å². The summed E-state index contributed by atoms with van der Waals surface area (Å²) in [6, 6.07) is 7.09. The van der Waals surface area contributed by atoms with E-state index in [-0.39, 0.29) is 30.7 Å². The number of carbonyl (C=O) groups is 3. The van der Waals surface area contributed by atoms with E-state index in [0.717, 1.165) is 25.2 Å². The van der Waals surface area contributed by atoms with Crippen molar-refractivity contribution in [3.05, 3.63) is 34.9 Å². The number of methoxy groups -OCH3 is 1. The molecule has 2 aliphatic heterocycles. The van der Waals surface area contributed by atoms with Crippen LogP contribution in [0.3, 0.4) is 0 Å². The first-order valence-corrected chi connectivity index (χ1v) is 10.5. The van der Waals surface area contributed by atoms with E-state index in [4.69, 9.17) is 26.2 Å². The number of hydrogen-bond donors (Lipinski definition) is 2. The minimum atomic E-state index is -0.437. The fraction of sp³-hybridized carbons (Fsp3) is 0.571. The maximum atomic E-state index is 12.9. The molecule has 0 aliphatic carbocycles. The van der Waals surface area contributed by atoms with Crippen LogP contribution in [0.15, 0.2) is 24.3 Å². The number of amides is 2. The van der Waals surface area contributed by atoms with Crippen LogP contribution in [0.2, 0.25) is 5.02 Å². The molecule has 0 radical (unpaired) electrons. The molecular weight excluding hydrogens is 410 g/mol. The fourth-order valence-corrected chi connectivity index (χ4v) is 4.30. The Kier molecular flexibility index (Phi) is 10.1. The number of halogens is 1. The molecule has 0 spiro atoms. The van der Waals surface area contributed by atoms with Crippen molar-refractivity contribution in [2.45, 2.75) is 25.3 Å². The van der Waals surface area contributed by atoms with E-state index in [2.05, 4.69) is 10.2 Å². The molecule has 2 amide bonds. The quantitative estimate of drug-likeness (QED) is 0.599. The highest BCUT2D eigenvalue weighted by molar-refractivity contribution is 6.31. The van der Waals surface area contributed by atoms with Gasteiger partial charge in [-0.1, -0.05) is 29.8 Å². The van der Waals surface area contributed by atoms with Crippen LogP contribution in [0.4, 0.5) is 0 Å². The van der Waals surface area contributed by atoms with Crippen LogP contribution in [0.25, 0.3) is 0 Å². The first-order valence-electron chi connectivity index (χ1n) is 10.1. The van der Waals surface area contributed by atoms with Gasteiger partial charge in [-0.2, -0.15) is 0 Å². The number of rotatable bonds is 8. The molecule has 30 heavy (non-hydrogen) atoms. The first kappa shape index (κ1) is 24.1. The number of carboxylic acid groups (broad SMARTS) is 1. The summed E-state index contributed by atoms with van der Waals surface area (Å²) >= 11 is 6.40. The topological polar surface area (TPSA) is 99.2 Å². The molecule has 2 saturated heterocycles. The summed E-state index contributed by atoms with van der Waals surface area (Å²) in [6.45, 7) is 4.29. The molecule has 2 atom stereocenters. The number of carbonyl (C=O) groups excluding carboxylic acids is 2. The molecule has 8 nitrogen and oxygen atoms in total. The zero-order valence-corrected chi connectivity index (χ0v) is 18.0. The largest absolute Gasteiger partial charge is 0.483 e. The van der Waals surface area contributed by atoms with Crippen molar-refractivity contribution in [3.8, 4) is 0 Å². The van der Waals surface area contributed by atoms with Gasteiger partial charge in [-0.05, 0) is 37.6 Å². The molecule has 0 aromatic heterocycles. The Morgan fingerprint density at radius 1 is 1.30 bits per heavy atom. The van der Waals surface area contributed by atoms with Crippen molar-refractivity contribution in [2.75, 3.05) is 46.4 Å². The van der Waals surface area contributed by atoms with Crippen LogP contribution < -0.4 is 5.32 Å². The van der Waals surface area contributed by atoms with E-state index >= 15 is 0 Å². The number of nitrogens with one attached hydrogen (secondary N) is 1. The summed E-state index contributed by atoms with van der Waals surface area (Å²) in [5.41, 5.74) is 0.820. The molecule has 9 heteroatoms. The SMILES string of the molecule is COCCN1C(=O)C[C@@H](C(=O)NCCN2CCCC2)[C@@H]1c1ccccc1Cl.O=CO. The van der Waals surface area contributed by atoms with Gasteiger partial charge in [0, 0.05) is 38.2 Å². The summed E-state index contributed by atoms with van der Waals surface area (Å²) in [4.78, 5) is 38.0. The zero-order chi connectivity index (χ0) is 21.9. The standard InChI is InChI=1S/C20H28ClN3O3.CH2O2/c1-27-13-12-24-18(25)14-16(19(24)15-6-2-3-7-17(15)21)20(26)22-8-11-23-9-4-5-10-23;2-1-3/h2-3,6-7,16,19H,4-5,8-14H2,1H3,(H,22,26);1H,(H,2,3)/t16-,19+;/m1./s1. The molecule has 0 unspecified atom stereocenters. The number of benzene rings is 1. The minimum absolute atomic E-state index is 0.0309. The fourth-order valence-electron chi connectivity index (χ4n) is 4.05. The average molecular weight is 440 g/mol. The van der Waals surface area contributed by atoms with Gasteiger partial charge in [-0.15, -0.1) is 0 Å². The summed E-state index contributed by atoms with van der Waals surface area (Å²) < 4.78 is 5.15. The molecular formula is C21H30ClN3O5. The third-order valence-corrected chi connectivity index (χ3v) is 5.80. The highest BCUT2D eigenvalue weighted by Gasteiger charge is 2.44. The third-order valence-electron chi connectivity index (χ3n) is 5.45. The molecule has 2 heterocycles. The van der Waals surface area contributed by atoms with E-state index in [9.17, 15) is 9.59 Å². The number of nitrogens with zero attached hydrogens (tertiary/aromatic N) is 2. The Hall–Kier alpha value is -2.16. The van der Waals surface area contributed by atoms with Gasteiger partial charge in [0.25, 0.3) is 6.47 Å². The van der Waals surface area contributed by atoms with Gasteiger partial charge in [0.2, 0.25) is 11.8 Å². The second-order valence-electron chi connectivity index (χ2n) is 7.30. The lowest BCUT2D eigenvalue weighted by Gasteiger charge is -2.29. The highest BCUT2D eigenvalue weighted by Crippen LogP contribution is 2.40. The van der Waals surface area contributed by atoms with Gasteiger partial charge in [0.1, 0.15) is 0 Å². The summed E-state index contributed by atoms with van der Waals surface area (Å²) in [5, 5.41) is 10.5. The average Bonchev–Trinajstić information content (AvgIpc) is 3.35. The summed E-state index contributed by atoms with van der Waals surface area (Å²) in [6.07, 6.45) is 2.66. The lowest BCUT2D eigenvalue weighted by Crippen LogP contribution is -2.39. The van der Waals surface area contributed by atoms with Crippen LogP contribution in [-0.2, 0) is 19.1 Å². The van der Waals surface area contributed by atoms with E-state index in [1.807, 2.05) is 18.2 Å². The maximum Gasteiger partial charge on any atom is 0.290 e. The lowest BCUT2D eigenvalue weighted by atomic mass is 9.92. The Bertz CT molecular complexity index is 712. The van der Waals surface area contributed by atoms with Crippen LogP contribution >= 0.6 is 11.6 Å². The molecule has 2 fully saturated rings. The molecule has 3 rings (SSSR count). The summed E-state index contributed by atoms with van der Waals surface area (Å²) in [5.74, 6) is -0.545. The molecule has 2 aliphatic rings. The first-order chi connectivity index (χ1) is 14.5. The summed E-state index contributed by atoms with van der Waals surface area (Å²) in [7, 11) is 1.60. The van der Waals surface area contributed by atoms with Gasteiger partial charge < -0.3 is 25.0 Å². The number of hydrogen-bond acceptors (Lipinski definition) is 5. The Morgan fingerprint density at radius 3 is 2.60 bits per heavy atom. The van der Waals surface area contributed by atoms with Crippen LogP contribution in [0.1, 0.15) is 30.9 Å². The highest BCUT2D eigenvalue weighted by atomic mass is 35.5. The third kappa shape index (κ3) is 6.42. The normalized spacial score (nSPS) is 21.3. The van der Waals surface area contributed by atoms with Crippen molar-refractivity contribution in [2.24, 2.45) is 5.92 Å². The van der Waals surface area contributed by atoms with Crippen molar-refractivity contribution in [1.82, 2.24) is 15.1 Å². The second-order valence-corrected chi connectivity index (χ2v) is 7.71. The Balaban J connectivity index is 0.00000101. The van der Waals surface area contributed by atoms with E-state index < -0.39 is 5.92 Å². The van der Waals surface area contributed by atoms with Crippen LogP contribution in [-0.4, -0.2) is 79.6 Å². The predicted molar refractivity (Wildman–Crippen MR) is 113 cm³/mol. The van der Waals surface area contributed by atoms with Crippen LogP contribution in [0, 0.1) is 5.92 Å². The smallest absolute Gasteiger partial charge is 0.290 e. The monoisotopic (exact) mass is 439 g/mol. The van der Waals surface area contributed by atoms with Gasteiger partial charge in [-0.3, -0.25) is 14.4 Å². The van der Waals surface area contributed by atoms with Crippen molar-refractivity contribution in [1.29, 1.82) is 0 Å². The Morgan fingerprint density at radius 2 is 1.97 bits per heavy atom. The van der Waals surface area contributed by atoms with Crippen molar-refractivity contribution >= 4 is 29.9 Å². The zero-order valence-electron chi connectivity index (χ0n) is 17.3.